The van der Waals surface area contributed by atoms with Crippen LogP contribution in [0.15, 0.2) is 85.5 Å². The molecule has 0 saturated carbocycles. The van der Waals surface area contributed by atoms with Gasteiger partial charge in [0.05, 0.1) is 25.5 Å². The molecule has 1 aliphatic rings. The van der Waals surface area contributed by atoms with E-state index < -0.39 is 0 Å². The molecule has 2 aromatic heterocycles. The van der Waals surface area contributed by atoms with E-state index in [4.69, 9.17) is 9.47 Å². The molecule has 0 atom stereocenters. The van der Waals surface area contributed by atoms with E-state index in [9.17, 15) is 9.59 Å². The minimum atomic E-state index is -0.182. The largest absolute Gasteiger partial charge is 0.497 e. The third-order valence-corrected chi connectivity index (χ3v) is 6.77. The summed E-state index contributed by atoms with van der Waals surface area (Å²) in [6, 6.07) is 18.3. The number of methoxy groups -OCH3 is 1. The second-order valence-electron chi connectivity index (χ2n) is 9.56. The first-order valence-corrected chi connectivity index (χ1v) is 13.7. The first-order chi connectivity index (χ1) is 20.5. The summed E-state index contributed by atoms with van der Waals surface area (Å²) in [6.07, 6.45) is 6.53. The topological polar surface area (TPSA) is 96.9 Å². The number of amides is 2. The molecule has 2 amide bonds. The van der Waals surface area contributed by atoms with Crippen LogP contribution < -0.4 is 19.7 Å². The average molecular weight is 562 g/mol. The predicted octanol–water partition coefficient (Wildman–Crippen LogP) is 4.50. The Bertz CT molecular complexity index is 1600. The Hall–Kier alpha value is -5.36. The van der Waals surface area contributed by atoms with Crippen LogP contribution >= 0.6 is 0 Å². The fourth-order valence-corrected chi connectivity index (χ4v) is 4.55. The van der Waals surface area contributed by atoms with Gasteiger partial charge in [-0.2, -0.15) is 0 Å². The first kappa shape index (κ1) is 28.2. The van der Waals surface area contributed by atoms with Gasteiger partial charge in [-0.1, -0.05) is 11.8 Å². The van der Waals surface area contributed by atoms with Crippen LogP contribution in [0.25, 0.3) is 0 Å². The van der Waals surface area contributed by atoms with Crippen molar-refractivity contribution in [3.63, 3.8) is 0 Å². The van der Waals surface area contributed by atoms with Crippen molar-refractivity contribution >= 4 is 23.2 Å². The van der Waals surface area contributed by atoms with Crippen molar-refractivity contribution in [2.45, 2.75) is 6.92 Å². The molecule has 0 unspecified atom stereocenters. The van der Waals surface area contributed by atoms with Crippen molar-refractivity contribution in [1.29, 1.82) is 0 Å². The molecule has 1 aliphatic heterocycles. The van der Waals surface area contributed by atoms with E-state index in [1.807, 2.05) is 42.2 Å². The molecule has 1 N–H and O–H groups in total. The fourth-order valence-electron chi connectivity index (χ4n) is 4.55. The molecule has 0 radical (unpaired) electrons. The summed E-state index contributed by atoms with van der Waals surface area (Å²) in [5.74, 6) is 7.27. The third kappa shape index (κ3) is 7.04. The Morgan fingerprint density at radius 2 is 1.48 bits per heavy atom. The minimum absolute atomic E-state index is 0.0728. The Labute approximate surface area is 245 Å². The molecule has 1 fully saturated rings. The predicted molar refractivity (Wildman–Crippen MR) is 161 cm³/mol. The van der Waals surface area contributed by atoms with Crippen LogP contribution in [0.4, 0.5) is 11.4 Å². The van der Waals surface area contributed by atoms with Gasteiger partial charge in [-0.3, -0.25) is 19.6 Å². The van der Waals surface area contributed by atoms with E-state index in [0.717, 1.165) is 17.0 Å². The van der Waals surface area contributed by atoms with Gasteiger partial charge in [0.1, 0.15) is 11.5 Å². The van der Waals surface area contributed by atoms with Crippen LogP contribution in [0.5, 0.6) is 11.5 Å². The van der Waals surface area contributed by atoms with Gasteiger partial charge in [0, 0.05) is 72.8 Å². The van der Waals surface area contributed by atoms with Crippen molar-refractivity contribution in [2.75, 3.05) is 50.1 Å². The Morgan fingerprint density at radius 1 is 0.810 bits per heavy atom. The van der Waals surface area contributed by atoms with Crippen LogP contribution in [0, 0.1) is 11.8 Å². The van der Waals surface area contributed by atoms with Crippen molar-refractivity contribution in [2.24, 2.45) is 0 Å². The second-order valence-corrected chi connectivity index (χ2v) is 9.56. The lowest BCUT2D eigenvalue weighted by Crippen LogP contribution is -2.48. The molecule has 0 aliphatic carbocycles. The maximum atomic E-state index is 13.2. The molecule has 5 rings (SSSR count). The van der Waals surface area contributed by atoms with Crippen molar-refractivity contribution in [1.82, 2.24) is 14.9 Å². The highest BCUT2D eigenvalue weighted by atomic mass is 16.5. The number of pyridine rings is 2. The van der Waals surface area contributed by atoms with E-state index >= 15 is 0 Å². The highest BCUT2D eigenvalue weighted by Crippen LogP contribution is 2.20. The number of aromatic nitrogens is 2. The molecule has 4 aromatic rings. The molecule has 9 nitrogen and oxygen atoms in total. The Morgan fingerprint density at radius 3 is 2.14 bits per heavy atom. The average Bonchev–Trinajstić information content (AvgIpc) is 3.04. The maximum Gasteiger partial charge on any atom is 0.255 e. The number of carbonyl (C=O) groups excluding carboxylic acids is 2. The highest BCUT2D eigenvalue weighted by Gasteiger charge is 2.23. The van der Waals surface area contributed by atoms with Gasteiger partial charge in [-0.15, -0.1) is 0 Å². The number of ether oxygens (including phenoxy) is 2. The van der Waals surface area contributed by atoms with E-state index in [1.54, 1.807) is 62.2 Å². The van der Waals surface area contributed by atoms with Crippen LogP contribution in [-0.4, -0.2) is 66.6 Å². The summed E-state index contributed by atoms with van der Waals surface area (Å²) in [7, 11) is 1.60. The lowest BCUT2D eigenvalue weighted by atomic mass is 10.1. The Kier molecular flexibility index (Phi) is 8.94. The van der Waals surface area contributed by atoms with Gasteiger partial charge >= 0.3 is 0 Å². The third-order valence-electron chi connectivity index (χ3n) is 6.77. The number of hydrogen-bond acceptors (Lipinski definition) is 7. The van der Waals surface area contributed by atoms with Gasteiger partial charge in [-0.25, -0.2) is 0 Å². The number of hydrogen-bond donors (Lipinski definition) is 1. The van der Waals surface area contributed by atoms with Crippen LogP contribution in [-0.2, 0) is 0 Å². The first-order valence-electron chi connectivity index (χ1n) is 13.7. The van der Waals surface area contributed by atoms with Gasteiger partial charge in [0.25, 0.3) is 11.8 Å². The lowest BCUT2D eigenvalue weighted by Gasteiger charge is -2.36. The van der Waals surface area contributed by atoms with Crippen molar-refractivity contribution < 1.29 is 19.1 Å². The number of benzene rings is 2. The van der Waals surface area contributed by atoms with Gasteiger partial charge in [0.2, 0.25) is 0 Å². The normalized spacial score (nSPS) is 12.6. The zero-order valence-corrected chi connectivity index (χ0v) is 23.5. The summed E-state index contributed by atoms with van der Waals surface area (Å²) in [5.41, 5.74) is 4.14. The SMILES string of the molecule is CCOc1cncc(C#Cc2cncc(C(=O)N3CCN(c4ccc(C(=O)Nc5ccc(OC)cc5)cc4)CC3)c2)c1. The minimum Gasteiger partial charge on any atom is -0.497 e. The number of rotatable bonds is 7. The van der Waals surface area contributed by atoms with E-state index in [0.29, 0.717) is 60.9 Å². The number of piperazine rings is 1. The zero-order valence-electron chi connectivity index (χ0n) is 23.5. The van der Waals surface area contributed by atoms with Crippen LogP contribution in [0.2, 0.25) is 0 Å². The van der Waals surface area contributed by atoms with Gasteiger partial charge < -0.3 is 24.6 Å². The molecule has 42 heavy (non-hydrogen) atoms. The summed E-state index contributed by atoms with van der Waals surface area (Å²) in [6.45, 7) is 4.97. The molecule has 9 heteroatoms. The zero-order chi connectivity index (χ0) is 29.3. The fraction of sp³-hybridized carbons (Fsp3) is 0.212. The van der Waals surface area contributed by atoms with Crippen molar-refractivity contribution in [3.8, 4) is 23.3 Å². The lowest BCUT2D eigenvalue weighted by molar-refractivity contribution is 0.0746. The quantitative estimate of drug-likeness (QED) is 0.332. The molecule has 212 valence electrons. The smallest absolute Gasteiger partial charge is 0.255 e. The standard InChI is InChI=1S/C33H31N5O4/c1-3-42-31-19-25(21-35-23-31)5-4-24-18-27(22-34-20-24)33(40)38-16-14-37(15-17-38)29-10-6-26(7-11-29)32(39)36-28-8-12-30(41-2)13-9-28/h6-13,18-23H,3,14-17H2,1-2H3,(H,36,39). The van der Waals surface area contributed by atoms with Crippen LogP contribution in [0.3, 0.4) is 0 Å². The van der Waals surface area contributed by atoms with Crippen molar-refractivity contribution in [3.05, 3.63) is 108 Å². The molecular weight excluding hydrogens is 530 g/mol. The van der Waals surface area contributed by atoms with E-state index in [-0.39, 0.29) is 11.8 Å². The summed E-state index contributed by atoms with van der Waals surface area (Å²) in [4.78, 5) is 38.3. The van der Waals surface area contributed by atoms with E-state index in [2.05, 4.69) is 32.0 Å². The number of nitrogens with one attached hydrogen (secondary N) is 1. The maximum absolute atomic E-state index is 13.2. The Balaban J connectivity index is 1.16. The summed E-state index contributed by atoms with van der Waals surface area (Å²) < 4.78 is 10.6. The molecule has 1 saturated heterocycles. The molecule has 3 heterocycles. The monoisotopic (exact) mass is 561 g/mol. The molecular formula is C33H31N5O4. The van der Waals surface area contributed by atoms with Crippen LogP contribution in [0.1, 0.15) is 38.8 Å². The number of nitrogens with zero attached hydrogens (tertiary/aromatic N) is 4. The summed E-state index contributed by atoms with van der Waals surface area (Å²) in [5, 5.41) is 2.90. The van der Waals surface area contributed by atoms with Gasteiger partial charge in [-0.05, 0) is 67.6 Å². The second kappa shape index (κ2) is 13.3. The highest BCUT2D eigenvalue weighted by molar-refractivity contribution is 6.04. The van der Waals surface area contributed by atoms with Gasteiger partial charge in [0.15, 0.2) is 0 Å². The number of carbonyl (C=O) groups is 2. The molecule has 0 bridgehead atoms. The molecule has 2 aromatic carbocycles. The molecule has 0 spiro atoms. The number of anilines is 2. The summed E-state index contributed by atoms with van der Waals surface area (Å²) >= 11 is 0. The van der Waals surface area contributed by atoms with E-state index in [1.165, 1.54) is 0 Å².